The zero-order valence-electron chi connectivity index (χ0n) is 9.26. The SMILES string of the molecule is COC(=O)[C@@H](N)CCCN=C(N)N[N+](=O)[O-].[Cl-]. The number of nitro groups is 1. The molecule has 0 radical (unpaired) electrons. The van der Waals surface area contributed by atoms with E-state index in [2.05, 4.69) is 9.73 Å². The van der Waals surface area contributed by atoms with Crippen LogP contribution in [0.2, 0.25) is 0 Å². The average molecular weight is 269 g/mol. The van der Waals surface area contributed by atoms with Gasteiger partial charge in [0.05, 0.1) is 7.11 Å². The molecule has 0 bridgehead atoms. The van der Waals surface area contributed by atoms with Gasteiger partial charge in [-0.2, -0.15) is 0 Å². The Morgan fingerprint density at radius 3 is 2.71 bits per heavy atom. The van der Waals surface area contributed by atoms with Crippen molar-refractivity contribution in [2.45, 2.75) is 18.9 Å². The molecule has 0 saturated heterocycles. The summed E-state index contributed by atoms with van der Waals surface area (Å²) in [5.41, 5.74) is 12.3. The smallest absolute Gasteiger partial charge is 0.322 e. The largest absolute Gasteiger partial charge is 1.00 e. The van der Waals surface area contributed by atoms with Crippen molar-refractivity contribution in [3.63, 3.8) is 0 Å². The summed E-state index contributed by atoms with van der Waals surface area (Å²) in [7, 11) is 1.25. The fourth-order valence-corrected chi connectivity index (χ4v) is 0.909. The number of hydrazine groups is 1. The topological polar surface area (TPSA) is 146 Å². The molecule has 0 spiro atoms. The third kappa shape index (κ3) is 9.33. The van der Waals surface area contributed by atoms with Crippen molar-refractivity contribution in [1.29, 1.82) is 0 Å². The van der Waals surface area contributed by atoms with Crippen LogP contribution in [0.3, 0.4) is 0 Å². The van der Waals surface area contributed by atoms with Gasteiger partial charge >= 0.3 is 5.97 Å². The van der Waals surface area contributed by atoms with E-state index in [0.717, 1.165) is 0 Å². The molecular weight excluding hydrogens is 254 g/mol. The molecule has 0 rings (SSSR count). The summed E-state index contributed by atoms with van der Waals surface area (Å²) >= 11 is 0. The summed E-state index contributed by atoms with van der Waals surface area (Å²) in [4.78, 5) is 24.5. The van der Waals surface area contributed by atoms with Crippen molar-refractivity contribution >= 4 is 11.9 Å². The number of hydrogen-bond acceptors (Lipinski definition) is 6. The number of methoxy groups -OCH3 is 1. The first kappa shape index (κ1) is 17.8. The molecule has 1 atom stereocenters. The van der Waals surface area contributed by atoms with Crippen LogP contribution in [0.4, 0.5) is 0 Å². The average Bonchev–Trinajstić information content (AvgIpc) is 2.21. The number of nitrogens with one attached hydrogen (secondary N) is 1. The van der Waals surface area contributed by atoms with Gasteiger partial charge in [-0.15, -0.1) is 0 Å². The van der Waals surface area contributed by atoms with Crippen molar-refractivity contribution in [3.05, 3.63) is 10.1 Å². The Kier molecular flexibility index (Phi) is 10.0. The number of carbonyl (C=O) groups excluding carboxylic acids is 1. The Bertz CT molecular complexity index is 285. The lowest BCUT2D eigenvalue weighted by Crippen LogP contribution is -3.00. The summed E-state index contributed by atoms with van der Waals surface area (Å²) in [6.07, 6.45) is 0.859. The predicted molar refractivity (Wildman–Crippen MR) is 55.8 cm³/mol. The number of hydrogen-bond donors (Lipinski definition) is 3. The normalized spacial score (nSPS) is 12.2. The molecule has 0 aliphatic rings. The van der Waals surface area contributed by atoms with Crippen LogP contribution in [0.1, 0.15) is 12.8 Å². The standard InChI is InChI=1S/C7H15N5O4.ClH/c1-16-6(13)5(8)3-2-4-10-7(9)11-12(14)15;/h5H,2-4,8H2,1H3,(H3,9,10,11);1H/p-1/t5-;/m0./s1. The van der Waals surface area contributed by atoms with Crippen LogP contribution in [0.25, 0.3) is 0 Å². The summed E-state index contributed by atoms with van der Waals surface area (Å²) < 4.78 is 4.42. The fraction of sp³-hybridized carbons (Fsp3) is 0.714. The molecule has 10 heteroatoms. The van der Waals surface area contributed by atoms with Gasteiger partial charge in [0.25, 0.3) is 5.96 Å². The van der Waals surface area contributed by atoms with Crippen LogP contribution in [0.5, 0.6) is 0 Å². The molecule has 5 N–H and O–H groups in total. The number of nitrogens with two attached hydrogens (primary N) is 2. The first-order valence-corrected chi connectivity index (χ1v) is 4.51. The van der Waals surface area contributed by atoms with E-state index in [1.165, 1.54) is 7.11 Å². The number of esters is 1. The van der Waals surface area contributed by atoms with E-state index >= 15 is 0 Å². The van der Waals surface area contributed by atoms with Gasteiger partial charge in [0.1, 0.15) is 6.04 Å². The summed E-state index contributed by atoms with van der Waals surface area (Å²) in [6.45, 7) is 0.247. The monoisotopic (exact) mass is 268 g/mol. The molecule has 100 valence electrons. The van der Waals surface area contributed by atoms with Crippen molar-refractivity contribution in [1.82, 2.24) is 5.43 Å². The first-order valence-electron chi connectivity index (χ1n) is 4.51. The van der Waals surface area contributed by atoms with E-state index < -0.39 is 17.0 Å². The summed E-state index contributed by atoms with van der Waals surface area (Å²) in [5.74, 6) is -0.781. The zero-order valence-corrected chi connectivity index (χ0v) is 10.0. The summed E-state index contributed by atoms with van der Waals surface area (Å²) in [5, 5.41) is 9.12. The highest BCUT2D eigenvalue weighted by atomic mass is 35.5. The van der Waals surface area contributed by atoms with Gasteiger partial charge in [0, 0.05) is 6.54 Å². The Labute approximate surface area is 104 Å². The molecule has 0 fully saturated rings. The molecule has 0 heterocycles. The molecule has 0 aromatic heterocycles. The highest BCUT2D eigenvalue weighted by Gasteiger charge is 2.12. The van der Waals surface area contributed by atoms with Crippen LogP contribution in [0, 0.1) is 10.1 Å². The van der Waals surface area contributed by atoms with Gasteiger partial charge in [-0.1, -0.05) is 5.43 Å². The van der Waals surface area contributed by atoms with Gasteiger partial charge in [-0.05, 0) is 12.8 Å². The maximum Gasteiger partial charge on any atom is 0.322 e. The summed E-state index contributed by atoms with van der Waals surface area (Å²) in [6, 6.07) is -0.704. The number of carbonyl (C=O) groups is 1. The van der Waals surface area contributed by atoms with E-state index in [1.807, 2.05) is 0 Å². The van der Waals surface area contributed by atoms with Crippen molar-refractivity contribution in [2.75, 3.05) is 13.7 Å². The molecule has 17 heavy (non-hydrogen) atoms. The van der Waals surface area contributed by atoms with Crippen LogP contribution in [-0.4, -0.2) is 36.7 Å². The quantitative estimate of drug-likeness (QED) is 0.110. The van der Waals surface area contributed by atoms with Gasteiger partial charge in [0.2, 0.25) is 0 Å². The van der Waals surface area contributed by atoms with Crippen molar-refractivity contribution < 1.29 is 27.0 Å². The molecule has 0 aliphatic carbocycles. The highest BCUT2D eigenvalue weighted by Crippen LogP contribution is 1.96. The second-order valence-electron chi connectivity index (χ2n) is 2.91. The minimum absolute atomic E-state index is 0. The van der Waals surface area contributed by atoms with Crippen LogP contribution >= 0.6 is 0 Å². The predicted octanol–water partition coefficient (Wildman–Crippen LogP) is -4.63. The molecule has 0 unspecified atom stereocenters. The van der Waals surface area contributed by atoms with Crippen molar-refractivity contribution in [3.8, 4) is 0 Å². The Morgan fingerprint density at radius 2 is 2.24 bits per heavy atom. The van der Waals surface area contributed by atoms with Crippen LogP contribution < -0.4 is 29.3 Å². The third-order valence-corrected chi connectivity index (χ3v) is 1.67. The second kappa shape index (κ2) is 9.60. The van der Waals surface area contributed by atoms with E-state index in [0.29, 0.717) is 12.8 Å². The molecule has 0 aliphatic heterocycles. The Hall–Kier alpha value is -1.61. The molecule has 0 aromatic rings. The number of aliphatic imine (C=N–C) groups is 1. The molecule has 0 aromatic carbocycles. The number of guanidine groups is 1. The lowest BCUT2D eigenvalue weighted by atomic mass is 10.2. The maximum atomic E-state index is 10.9. The lowest BCUT2D eigenvalue weighted by molar-refractivity contribution is -0.525. The fourth-order valence-electron chi connectivity index (χ4n) is 0.909. The van der Waals surface area contributed by atoms with E-state index in [-0.39, 0.29) is 24.9 Å². The van der Waals surface area contributed by atoms with E-state index in [4.69, 9.17) is 11.5 Å². The van der Waals surface area contributed by atoms with Crippen LogP contribution in [0.15, 0.2) is 4.99 Å². The first-order chi connectivity index (χ1) is 7.47. The minimum atomic E-state index is -0.807. The molecule has 0 saturated carbocycles. The molecule has 9 nitrogen and oxygen atoms in total. The van der Waals surface area contributed by atoms with Gasteiger partial charge in [-0.25, -0.2) is 15.1 Å². The second-order valence-corrected chi connectivity index (χ2v) is 2.91. The Morgan fingerprint density at radius 1 is 1.65 bits per heavy atom. The minimum Gasteiger partial charge on any atom is -1.00 e. The Balaban J connectivity index is 0. The third-order valence-electron chi connectivity index (χ3n) is 1.67. The van der Waals surface area contributed by atoms with Gasteiger partial charge in [-0.3, -0.25) is 4.79 Å². The zero-order chi connectivity index (χ0) is 12.6. The molecular formula is C7H15ClN5O4-. The van der Waals surface area contributed by atoms with Gasteiger partial charge in [0.15, 0.2) is 5.03 Å². The lowest BCUT2D eigenvalue weighted by Gasteiger charge is -2.07. The number of ether oxygens (including phenoxy) is 1. The van der Waals surface area contributed by atoms with E-state index in [9.17, 15) is 14.9 Å². The maximum absolute atomic E-state index is 10.9. The highest BCUT2D eigenvalue weighted by molar-refractivity contribution is 5.76. The van der Waals surface area contributed by atoms with E-state index in [1.54, 1.807) is 5.43 Å². The number of halogens is 1. The number of rotatable bonds is 6. The van der Waals surface area contributed by atoms with Crippen molar-refractivity contribution in [2.24, 2.45) is 16.5 Å². The molecule has 0 amide bonds. The van der Waals surface area contributed by atoms with Crippen LogP contribution in [-0.2, 0) is 9.53 Å². The van der Waals surface area contributed by atoms with Gasteiger partial charge < -0.3 is 28.6 Å². The number of nitrogens with zero attached hydrogens (tertiary/aromatic N) is 2.